The topological polar surface area (TPSA) is 35.5 Å². The Bertz CT molecular complexity index is 524. The van der Waals surface area contributed by atoms with E-state index in [2.05, 4.69) is 10.2 Å². The molecule has 0 aromatic heterocycles. The summed E-state index contributed by atoms with van der Waals surface area (Å²) in [4.78, 5) is 2.15. The molecule has 0 radical (unpaired) electrons. The largest absolute Gasteiger partial charge is 0.416 e. The highest BCUT2D eigenvalue weighted by Gasteiger charge is 2.37. The summed E-state index contributed by atoms with van der Waals surface area (Å²) in [6, 6.07) is 2.72. The molecule has 0 spiro atoms. The van der Waals surface area contributed by atoms with Gasteiger partial charge in [-0.15, -0.1) is 0 Å². The number of aliphatic hydroxyl groups is 1. The van der Waals surface area contributed by atoms with E-state index in [4.69, 9.17) is 0 Å². The summed E-state index contributed by atoms with van der Waals surface area (Å²) in [5.41, 5.74) is 0.954. The zero-order valence-electron chi connectivity index (χ0n) is 11.7. The van der Waals surface area contributed by atoms with Crippen LogP contribution in [0.4, 0.5) is 24.5 Å². The number of hydrogen-bond acceptors (Lipinski definition) is 3. The Balaban J connectivity index is 2.05. The molecular formula is C15H19F3N2O. The van der Waals surface area contributed by atoms with Gasteiger partial charge in [-0.2, -0.15) is 13.2 Å². The van der Waals surface area contributed by atoms with Gasteiger partial charge in [-0.05, 0) is 37.0 Å². The van der Waals surface area contributed by atoms with E-state index in [0.29, 0.717) is 12.2 Å². The van der Waals surface area contributed by atoms with Crippen molar-refractivity contribution in [2.45, 2.75) is 38.0 Å². The first kappa shape index (κ1) is 14.5. The van der Waals surface area contributed by atoms with Crippen LogP contribution in [-0.4, -0.2) is 30.8 Å². The average Bonchev–Trinajstić information content (AvgIpc) is 2.45. The number of fused-ring (bicyclic) bond motifs is 1. The van der Waals surface area contributed by atoms with Gasteiger partial charge in [0.1, 0.15) is 0 Å². The van der Waals surface area contributed by atoms with Crippen molar-refractivity contribution in [2.24, 2.45) is 0 Å². The Morgan fingerprint density at radius 2 is 1.86 bits per heavy atom. The minimum atomic E-state index is -4.39. The van der Waals surface area contributed by atoms with E-state index in [0.717, 1.165) is 37.7 Å². The van der Waals surface area contributed by atoms with Gasteiger partial charge in [0.05, 0.1) is 23.0 Å². The van der Waals surface area contributed by atoms with Gasteiger partial charge in [0, 0.05) is 26.1 Å². The van der Waals surface area contributed by atoms with Crippen LogP contribution in [0.3, 0.4) is 0 Å². The van der Waals surface area contributed by atoms with E-state index in [-0.39, 0.29) is 12.0 Å². The van der Waals surface area contributed by atoms with Crippen LogP contribution in [0.1, 0.15) is 30.4 Å². The van der Waals surface area contributed by atoms with Crippen molar-refractivity contribution in [2.75, 3.05) is 29.9 Å². The lowest BCUT2D eigenvalue weighted by molar-refractivity contribution is -0.138. The first-order valence-corrected chi connectivity index (χ1v) is 7.37. The molecule has 1 fully saturated rings. The lowest BCUT2D eigenvalue weighted by Gasteiger charge is -2.35. The number of nitrogens with zero attached hydrogens (tertiary/aromatic N) is 1. The molecule has 0 aliphatic carbocycles. The minimum absolute atomic E-state index is 0.0544. The van der Waals surface area contributed by atoms with E-state index in [1.807, 2.05) is 0 Å². The molecular weight excluding hydrogens is 281 g/mol. The van der Waals surface area contributed by atoms with Gasteiger partial charge >= 0.3 is 6.18 Å². The second-order valence-electron chi connectivity index (χ2n) is 5.77. The molecule has 2 aliphatic rings. The number of piperidine rings is 1. The van der Waals surface area contributed by atoms with Crippen molar-refractivity contribution in [3.63, 3.8) is 0 Å². The number of aliphatic hydroxyl groups excluding tert-OH is 1. The predicted octanol–water partition coefficient (Wildman–Crippen LogP) is 3.02. The number of anilines is 2. The maximum absolute atomic E-state index is 13.2. The zero-order chi connectivity index (χ0) is 15.0. The molecule has 1 saturated heterocycles. The molecule has 0 bridgehead atoms. The van der Waals surface area contributed by atoms with Gasteiger partial charge in [0.25, 0.3) is 0 Å². The first-order chi connectivity index (χ1) is 9.97. The maximum Gasteiger partial charge on any atom is 0.416 e. The van der Waals surface area contributed by atoms with Crippen LogP contribution >= 0.6 is 0 Å². The van der Waals surface area contributed by atoms with Crippen LogP contribution < -0.4 is 10.2 Å². The summed E-state index contributed by atoms with van der Waals surface area (Å²) in [6.45, 7) is 2.05. The summed E-state index contributed by atoms with van der Waals surface area (Å²) in [5, 5.41) is 12.7. The molecule has 6 heteroatoms. The summed E-state index contributed by atoms with van der Waals surface area (Å²) in [7, 11) is 0. The summed E-state index contributed by atoms with van der Waals surface area (Å²) < 4.78 is 39.5. The Morgan fingerprint density at radius 3 is 2.52 bits per heavy atom. The van der Waals surface area contributed by atoms with E-state index >= 15 is 0 Å². The van der Waals surface area contributed by atoms with Crippen LogP contribution in [0.15, 0.2) is 12.1 Å². The lowest BCUT2D eigenvalue weighted by Crippen LogP contribution is -2.34. The van der Waals surface area contributed by atoms with Crippen LogP contribution in [-0.2, 0) is 12.6 Å². The molecule has 0 saturated carbocycles. The molecule has 0 amide bonds. The van der Waals surface area contributed by atoms with Crippen LogP contribution in [0.2, 0.25) is 0 Å². The SMILES string of the molecule is OC1CNc2c(N3CCCCC3)ccc(C(F)(F)F)c2C1. The fourth-order valence-corrected chi connectivity index (χ4v) is 3.24. The van der Waals surface area contributed by atoms with Crippen LogP contribution in [0.25, 0.3) is 0 Å². The number of halogens is 3. The fourth-order valence-electron chi connectivity index (χ4n) is 3.24. The first-order valence-electron chi connectivity index (χ1n) is 7.37. The molecule has 3 rings (SSSR count). The Kier molecular flexibility index (Phi) is 3.73. The molecule has 1 aromatic rings. The quantitative estimate of drug-likeness (QED) is 0.837. The van der Waals surface area contributed by atoms with E-state index in [1.165, 1.54) is 6.42 Å². The van der Waals surface area contributed by atoms with Gasteiger partial charge in [0.2, 0.25) is 0 Å². The second kappa shape index (κ2) is 5.40. The molecule has 116 valence electrons. The molecule has 3 nitrogen and oxygen atoms in total. The molecule has 2 heterocycles. The van der Waals surface area contributed by atoms with Crippen molar-refractivity contribution >= 4 is 11.4 Å². The second-order valence-corrected chi connectivity index (χ2v) is 5.77. The normalized spacial score (nSPS) is 22.7. The highest BCUT2D eigenvalue weighted by Crippen LogP contribution is 2.42. The standard InChI is InChI=1S/C15H19F3N2O/c16-15(17,18)12-4-5-13(20-6-2-1-3-7-20)14-11(12)8-10(21)9-19-14/h4-5,10,19,21H,1-3,6-9H2. The summed E-state index contributed by atoms with van der Waals surface area (Å²) in [5.74, 6) is 0. The van der Waals surface area contributed by atoms with E-state index in [1.54, 1.807) is 6.07 Å². The molecule has 1 aromatic carbocycles. The number of hydrogen-bond donors (Lipinski definition) is 2. The van der Waals surface area contributed by atoms with Crippen molar-refractivity contribution in [1.29, 1.82) is 0 Å². The number of nitrogens with one attached hydrogen (secondary N) is 1. The van der Waals surface area contributed by atoms with Gasteiger partial charge in [-0.3, -0.25) is 0 Å². The smallest absolute Gasteiger partial charge is 0.391 e. The van der Waals surface area contributed by atoms with E-state index in [9.17, 15) is 18.3 Å². The number of rotatable bonds is 1. The third-order valence-corrected chi connectivity index (χ3v) is 4.25. The zero-order valence-corrected chi connectivity index (χ0v) is 11.7. The Labute approximate surface area is 121 Å². The molecule has 2 aliphatic heterocycles. The van der Waals surface area contributed by atoms with Gasteiger partial charge in [0.15, 0.2) is 0 Å². The molecule has 1 atom stereocenters. The fraction of sp³-hybridized carbons (Fsp3) is 0.600. The Hall–Kier alpha value is -1.43. The minimum Gasteiger partial charge on any atom is -0.391 e. The average molecular weight is 300 g/mol. The monoisotopic (exact) mass is 300 g/mol. The van der Waals surface area contributed by atoms with Crippen LogP contribution in [0, 0.1) is 0 Å². The van der Waals surface area contributed by atoms with E-state index < -0.39 is 17.8 Å². The van der Waals surface area contributed by atoms with Crippen molar-refractivity contribution in [1.82, 2.24) is 0 Å². The highest BCUT2D eigenvalue weighted by molar-refractivity contribution is 5.76. The molecule has 1 unspecified atom stereocenters. The highest BCUT2D eigenvalue weighted by atomic mass is 19.4. The number of benzene rings is 1. The summed E-state index contributed by atoms with van der Waals surface area (Å²) in [6.07, 6.45) is -1.79. The maximum atomic E-state index is 13.2. The number of β-amino-alcohol motifs (C(OH)–C–C–N with tert-alkyl or cyclic N) is 1. The Morgan fingerprint density at radius 1 is 1.14 bits per heavy atom. The van der Waals surface area contributed by atoms with Crippen molar-refractivity contribution in [3.8, 4) is 0 Å². The van der Waals surface area contributed by atoms with Crippen LogP contribution in [0.5, 0.6) is 0 Å². The number of alkyl halides is 3. The molecule has 21 heavy (non-hydrogen) atoms. The van der Waals surface area contributed by atoms with Gasteiger partial charge in [-0.25, -0.2) is 0 Å². The summed E-state index contributed by atoms with van der Waals surface area (Å²) >= 11 is 0. The lowest BCUT2D eigenvalue weighted by atomic mass is 9.93. The van der Waals surface area contributed by atoms with Gasteiger partial charge < -0.3 is 15.3 Å². The van der Waals surface area contributed by atoms with Crippen molar-refractivity contribution in [3.05, 3.63) is 23.3 Å². The van der Waals surface area contributed by atoms with Gasteiger partial charge in [-0.1, -0.05) is 0 Å². The predicted molar refractivity (Wildman–Crippen MR) is 75.7 cm³/mol. The third-order valence-electron chi connectivity index (χ3n) is 4.25. The molecule has 2 N–H and O–H groups in total. The van der Waals surface area contributed by atoms with Crippen molar-refractivity contribution < 1.29 is 18.3 Å². The third kappa shape index (κ3) is 2.81.